The minimum atomic E-state index is -1.63. The molecule has 1 saturated carbocycles. The number of epoxide rings is 1. The molecule has 1 aliphatic carbocycles. The van der Waals surface area contributed by atoms with Crippen LogP contribution in [0.4, 0.5) is 10.5 Å². The fraction of sp³-hybridized carbons (Fsp3) is 0.542. The number of carbonyl (C=O) groups is 6. The van der Waals surface area contributed by atoms with Gasteiger partial charge < -0.3 is 34.7 Å². The number of halogens is 1. The Morgan fingerprint density at radius 2 is 1.75 bits per heavy atom. The van der Waals surface area contributed by atoms with Crippen molar-refractivity contribution in [2.45, 2.75) is 120 Å². The molecule has 4 N–H and O–H groups in total. The highest BCUT2D eigenvalue weighted by Gasteiger charge is 2.64. The van der Waals surface area contributed by atoms with Gasteiger partial charge in [-0.05, 0) is 87.3 Å². The second-order valence-electron chi connectivity index (χ2n) is 18.5. The number of nitrogens with one attached hydrogen (secondary N) is 1. The van der Waals surface area contributed by atoms with Crippen molar-refractivity contribution in [3.8, 4) is 5.75 Å². The lowest BCUT2D eigenvalue weighted by atomic mass is 9.81. The molecule has 5 aliphatic rings. The Morgan fingerprint density at radius 1 is 1.05 bits per heavy atom. The largest absolute Gasteiger partial charge is 0.495 e. The van der Waals surface area contributed by atoms with Gasteiger partial charge in [0, 0.05) is 49.9 Å². The number of primary amides is 1. The summed E-state index contributed by atoms with van der Waals surface area (Å²) >= 11 is 8.18. The number of anilines is 1. The molecule has 4 aliphatic heterocycles. The van der Waals surface area contributed by atoms with Crippen LogP contribution in [0, 0.1) is 23.7 Å². The standard InChI is InChI=1S/C48H59ClN4O11S/c1-26-8-7-9-27(2)48(60)23-36(62-46(59)51-48)28(3)42-47(4,64-42)38(22-39(54)52(5)34-19-31(18-26)20-35(61-6)41(34)49)63-45(58)33-16-12-30(13-17-33)25-65-37-21-40(55)53(44(37)57)24-29-10-14-32(15-11-29)43(50)56/h7-9,12-13,16-17,19-20,27-29,32,36-38,42,60H,10-11,14-15,18,21-25H2,1-6H3,(H2,50,56)(H,51,59)/b9-7+,26-8+. The Labute approximate surface area is 388 Å². The van der Waals surface area contributed by atoms with Crippen molar-refractivity contribution < 1.29 is 52.8 Å². The molecular formula is C48H59ClN4O11S. The number of hydrogen-bond donors (Lipinski definition) is 3. The van der Waals surface area contributed by atoms with E-state index in [0.717, 1.165) is 29.5 Å². The molecule has 0 aromatic heterocycles. The number of carbonyl (C=O) groups excluding carboxylic acids is 6. The summed E-state index contributed by atoms with van der Waals surface area (Å²) < 4.78 is 23.8. The van der Waals surface area contributed by atoms with Crippen LogP contribution in [0.25, 0.3) is 0 Å². The first kappa shape index (κ1) is 48.0. The van der Waals surface area contributed by atoms with E-state index in [1.54, 1.807) is 45.2 Å². The van der Waals surface area contributed by atoms with Gasteiger partial charge in [0.2, 0.25) is 23.6 Å². The number of allylic oxidation sites excluding steroid dienone is 3. The van der Waals surface area contributed by atoms with E-state index in [2.05, 4.69) is 5.32 Å². The van der Waals surface area contributed by atoms with Crippen LogP contribution < -0.4 is 20.7 Å². The first-order chi connectivity index (χ1) is 30.8. The number of esters is 1. The maximum Gasteiger partial charge on any atom is 0.409 e. The van der Waals surface area contributed by atoms with Crippen LogP contribution in [0.2, 0.25) is 5.02 Å². The molecule has 4 heterocycles. The molecule has 350 valence electrons. The zero-order valence-corrected chi connectivity index (χ0v) is 39.2. The molecule has 0 radical (unpaired) electrons. The van der Waals surface area contributed by atoms with Gasteiger partial charge in [0.15, 0.2) is 0 Å². The maximum absolute atomic E-state index is 14.3. The van der Waals surface area contributed by atoms with E-state index in [0.29, 0.717) is 43.0 Å². The molecule has 8 atom stereocenters. The van der Waals surface area contributed by atoms with Crippen LogP contribution in [0.5, 0.6) is 5.75 Å². The lowest BCUT2D eigenvalue weighted by Crippen LogP contribution is -2.60. The Balaban J connectivity index is 1.07. The summed E-state index contributed by atoms with van der Waals surface area (Å²) in [5.41, 5.74) is 5.88. The van der Waals surface area contributed by atoms with E-state index in [1.165, 1.54) is 28.7 Å². The molecule has 15 nitrogen and oxygen atoms in total. The smallest absolute Gasteiger partial charge is 0.409 e. The van der Waals surface area contributed by atoms with Crippen molar-refractivity contribution in [1.82, 2.24) is 10.2 Å². The molecule has 65 heavy (non-hydrogen) atoms. The zero-order valence-electron chi connectivity index (χ0n) is 37.7. The second-order valence-corrected chi connectivity index (χ2v) is 20.1. The molecule has 4 fully saturated rings. The van der Waals surface area contributed by atoms with E-state index in [4.69, 9.17) is 36.3 Å². The van der Waals surface area contributed by atoms with Gasteiger partial charge in [0.1, 0.15) is 34.3 Å². The highest BCUT2D eigenvalue weighted by molar-refractivity contribution is 7.99. The summed E-state index contributed by atoms with van der Waals surface area (Å²) in [6, 6.07) is 10.4. The average molecular weight is 936 g/mol. The van der Waals surface area contributed by atoms with Crippen LogP contribution in [0.3, 0.4) is 0 Å². The number of imide groups is 1. The van der Waals surface area contributed by atoms with E-state index < -0.39 is 64.7 Å². The Bertz CT molecular complexity index is 2260. The second kappa shape index (κ2) is 19.5. The third kappa shape index (κ3) is 10.6. The van der Waals surface area contributed by atoms with Crippen molar-refractivity contribution in [1.29, 1.82) is 0 Å². The molecule has 4 bridgehead atoms. The Kier molecular flexibility index (Phi) is 14.4. The van der Waals surface area contributed by atoms with Crippen molar-refractivity contribution in [2.75, 3.05) is 25.6 Å². The predicted molar refractivity (Wildman–Crippen MR) is 244 cm³/mol. The lowest BCUT2D eigenvalue weighted by Gasteiger charge is -2.41. The number of alkyl carbamates (subject to hydrolysis) is 1. The highest BCUT2D eigenvalue weighted by atomic mass is 35.5. The number of nitrogens with zero attached hydrogens (tertiary/aromatic N) is 2. The molecule has 7 rings (SSSR count). The highest BCUT2D eigenvalue weighted by Crippen LogP contribution is 2.49. The fourth-order valence-electron chi connectivity index (χ4n) is 9.50. The van der Waals surface area contributed by atoms with Crippen LogP contribution in [0.15, 0.2) is 60.2 Å². The number of benzene rings is 2. The fourth-order valence-corrected chi connectivity index (χ4v) is 10.9. The molecule has 2 aromatic carbocycles. The quantitative estimate of drug-likeness (QED) is 0.145. The van der Waals surface area contributed by atoms with Gasteiger partial charge in [0.25, 0.3) is 0 Å². The molecule has 17 heteroatoms. The van der Waals surface area contributed by atoms with Gasteiger partial charge in [-0.15, -0.1) is 11.8 Å². The van der Waals surface area contributed by atoms with Gasteiger partial charge in [0.05, 0.1) is 36.1 Å². The molecule has 0 spiro atoms. The average Bonchev–Trinajstić information content (AvgIpc) is 3.90. The maximum atomic E-state index is 14.3. The number of thioether (sulfide) groups is 1. The predicted octanol–water partition coefficient (Wildman–Crippen LogP) is 6.25. The van der Waals surface area contributed by atoms with Gasteiger partial charge in [-0.25, -0.2) is 9.59 Å². The monoisotopic (exact) mass is 934 g/mol. The van der Waals surface area contributed by atoms with Gasteiger partial charge in [-0.1, -0.05) is 61.4 Å². The number of methoxy groups -OCH3 is 1. The van der Waals surface area contributed by atoms with Crippen LogP contribution >= 0.6 is 23.4 Å². The van der Waals surface area contributed by atoms with Crippen molar-refractivity contribution in [3.63, 3.8) is 0 Å². The number of likely N-dealkylation sites (tertiary alicyclic amines) is 1. The van der Waals surface area contributed by atoms with Gasteiger partial charge in [-0.3, -0.25) is 29.4 Å². The van der Waals surface area contributed by atoms with E-state index >= 15 is 0 Å². The van der Waals surface area contributed by atoms with Gasteiger partial charge >= 0.3 is 12.1 Å². The summed E-state index contributed by atoms with van der Waals surface area (Å²) in [5, 5.41) is 14.1. The number of amides is 5. The Morgan fingerprint density at radius 3 is 2.43 bits per heavy atom. The summed E-state index contributed by atoms with van der Waals surface area (Å²) in [6.07, 6.45) is 5.43. The van der Waals surface area contributed by atoms with E-state index in [9.17, 15) is 33.9 Å². The summed E-state index contributed by atoms with van der Waals surface area (Å²) in [7, 11) is 3.09. The van der Waals surface area contributed by atoms with Crippen molar-refractivity contribution in [2.24, 2.45) is 29.4 Å². The number of fused-ring (bicyclic) bond motifs is 5. The summed E-state index contributed by atoms with van der Waals surface area (Å²) in [4.78, 5) is 81.8. The van der Waals surface area contributed by atoms with E-state index in [1.807, 2.05) is 44.2 Å². The number of rotatable bonds is 9. The number of aliphatic hydroxyl groups is 1. The first-order valence-electron chi connectivity index (χ1n) is 22.2. The minimum Gasteiger partial charge on any atom is -0.495 e. The molecular weight excluding hydrogens is 876 g/mol. The number of ether oxygens (including phenoxy) is 4. The van der Waals surface area contributed by atoms with Gasteiger partial charge in [-0.2, -0.15) is 0 Å². The van der Waals surface area contributed by atoms with Crippen molar-refractivity contribution in [3.05, 3.63) is 81.9 Å². The summed E-state index contributed by atoms with van der Waals surface area (Å²) in [6.45, 7) is 7.69. The SMILES string of the molecule is COc1cc2cc(c1Cl)N(C)C(=O)CC(OC(=O)c1ccc(CSC3CC(=O)N(CC4CCC(C(N)=O)CC4)C3=O)cc1)C1(C)OC1C(C)C1CC(O)(NC(=O)O1)C(C)/C=C/C=C(\C)C2. The number of nitrogens with two attached hydrogens (primary N) is 1. The topological polar surface area (TPSA) is 207 Å². The Hall–Kier alpha value is -4.90. The summed E-state index contributed by atoms with van der Waals surface area (Å²) in [5.74, 6) is -2.03. The molecule has 5 amide bonds. The third-order valence-corrected chi connectivity index (χ3v) is 15.5. The molecule has 8 unspecified atom stereocenters. The zero-order chi connectivity index (χ0) is 47.0. The van der Waals surface area contributed by atoms with Crippen molar-refractivity contribution >= 4 is 64.7 Å². The molecule has 3 saturated heterocycles. The minimum absolute atomic E-state index is 0.0505. The van der Waals surface area contributed by atoms with E-state index in [-0.39, 0.29) is 59.4 Å². The first-order valence-corrected chi connectivity index (χ1v) is 23.6. The lowest BCUT2D eigenvalue weighted by molar-refractivity contribution is -0.139. The molecule has 2 aromatic rings. The van der Waals surface area contributed by atoms with Crippen LogP contribution in [-0.4, -0.2) is 101 Å². The normalized spacial score (nSPS) is 33.3. The number of hydrogen-bond acceptors (Lipinski definition) is 12. The van der Waals surface area contributed by atoms with Crippen LogP contribution in [-0.2, 0) is 45.6 Å². The third-order valence-electron chi connectivity index (χ3n) is 13.9. The van der Waals surface area contributed by atoms with Crippen LogP contribution in [0.1, 0.15) is 94.1 Å².